The summed E-state index contributed by atoms with van der Waals surface area (Å²) in [6, 6.07) is 11.1. The molecule has 0 saturated carbocycles. The van der Waals surface area contributed by atoms with Crippen molar-refractivity contribution in [3.05, 3.63) is 87.7 Å². The van der Waals surface area contributed by atoms with Crippen LogP contribution in [0, 0.1) is 6.57 Å². The summed E-state index contributed by atoms with van der Waals surface area (Å²) in [5, 5.41) is 2.63. The summed E-state index contributed by atoms with van der Waals surface area (Å²) in [5.41, 5.74) is 2.66. The molecule has 7 heteroatoms. The van der Waals surface area contributed by atoms with E-state index in [4.69, 9.17) is 6.57 Å². The number of H-pyrrole nitrogens is 1. The van der Waals surface area contributed by atoms with Crippen LogP contribution in [0.3, 0.4) is 0 Å². The number of thiazole rings is 1. The van der Waals surface area contributed by atoms with Crippen LogP contribution in [0.5, 0.6) is 0 Å². The first-order valence-corrected chi connectivity index (χ1v) is 8.74. The molecule has 3 heterocycles. The van der Waals surface area contributed by atoms with Crippen LogP contribution < -0.4 is 4.80 Å². The third-order valence-corrected chi connectivity index (χ3v) is 4.79. The van der Waals surface area contributed by atoms with Gasteiger partial charge >= 0.3 is 0 Å². The van der Waals surface area contributed by atoms with Gasteiger partial charge in [0.2, 0.25) is 0 Å². The minimum atomic E-state index is -0.320. The monoisotopic (exact) mass is 359 g/mol. The summed E-state index contributed by atoms with van der Waals surface area (Å²) >= 11 is 1.39. The lowest BCUT2D eigenvalue weighted by atomic mass is 10.2. The highest BCUT2D eigenvalue weighted by molar-refractivity contribution is 7.07. The average molecular weight is 359 g/mol. The predicted octanol–water partition coefficient (Wildman–Crippen LogP) is 3.77. The summed E-state index contributed by atoms with van der Waals surface area (Å²) in [5.74, 6) is -0.320. The Kier molecular flexibility index (Phi) is 4.17. The molecule has 0 aliphatic heterocycles. The van der Waals surface area contributed by atoms with Crippen LogP contribution in [0.2, 0.25) is 0 Å². The molecule has 0 bridgehead atoms. The Hall–Kier alpha value is -3.50. The molecular weight excluding hydrogens is 346 g/mol. The number of hydrogen-bond acceptors (Lipinski definition) is 3. The van der Waals surface area contributed by atoms with Gasteiger partial charge in [-0.3, -0.25) is 4.79 Å². The molecule has 126 valence electrons. The second-order valence-corrected chi connectivity index (χ2v) is 6.45. The normalized spacial score (nSPS) is 11.6. The highest BCUT2D eigenvalue weighted by Gasteiger charge is 2.12. The fourth-order valence-corrected chi connectivity index (χ4v) is 3.45. The van der Waals surface area contributed by atoms with E-state index >= 15 is 0 Å². The minimum Gasteiger partial charge on any atom is -0.345 e. The number of nitrogens with one attached hydrogen (secondary N) is 1. The summed E-state index contributed by atoms with van der Waals surface area (Å²) in [4.78, 5) is 28.2. The van der Waals surface area contributed by atoms with Gasteiger partial charge in [-0.2, -0.15) is 4.99 Å². The van der Waals surface area contributed by atoms with E-state index in [1.165, 1.54) is 11.3 Å². The van der Waals surface area contributed by atoms with Crippen LogP contribution in [0.15, 0.2) is 65.4 Å². The average Bonchev–Trinajstić information content (AvgIpc) is 3.29. The molecule has 0 atom stereocenters. The van der Waals surface area contributed by atoms with Gasteiger partial charge in [0, 0.05) is 35.9 Å². The standard InChI is InChI=1S/C19H13N5OS/c1-20-16-7-3-2-5-13(16)12-24-9-10-26-19(24)23-18(25)15-11-22-17-14(15)6-4-8-21-17/h2-11H,12H2,(H,21,22). The summed E-state index contributed by atoms with van der Waals surface area (Å²) < 4.78 is 1.87. The first kappa shape index (κ1) is 16.0. The first-order chi connectivity index (χ1) is 12.8. The zero-order valence-electron chi connectivity index (χ0n) is 13.6. The maximum atomic E-state index is 12.6. The van der Waals surface area contributed by atoms with Crippen molar-refractivity contribution >= 4 is 34.0 Å². The Labute approximate surface area is 152 Å². The van der Waals surface area contributed by atoms with Crippen molar-refractivity contribution < 1.29 is 4.79 Å². The van der Waals surface area contributed by atoms with E-state index in [1.807, 2.05) is 40.4 Å². The lowest BCUT2D eigenvalue weighted by Gasteiger charge is -2.05. The van der Waals surface area contributed by atoms with Crippen LogP contribution in [-0.4, -0.2) is 20.4 Å². The van der Waals surface area contributed by atoms with E-state index in [-0.39, 0.29) is 5.91 Å². The highest BCUT2D eigenvalue weighted by atomic mass is 32.1. The van der Waals surface area contributed by atoms with Crippen molar-refractivity contribution in [3.8, 4) is 0 Å². The third-order valence-electron chi connectivity index (χ3n) is 3.99. The summed E-state index contributed by atoms with van der Waals surface area (Å²) in [7, 11) is 0. The van der Waals surface area contributed by atoms with Crippen molar-refractivity contribution in [2.24, 2.45) is 4.99 Å². The van der Waals surface area contributed by atoms with Gasteiger partial charge in [0.1, 0.15) is 5.65 Å². The van der Waals surface area contributed by atoms with E-state index in [0.717, 1.165) is 10.9 Å². The molecule has 1 aromatic carbocycles. The molecule has 0 aliphatic carbocycles. The SMILES string of the molecule is [C-]#[N+]c1ccccc1Cn1ccsc1=NC(=O)c1c[nH]c2ncccc12. The Balaban J connectivity index is 1.70. The molecule has 4 aromatic rings. The quantitative estimate of drug-likeness (QED) is 0.566. The van der Waals surface area contributed by atoms with Crippen LogP contribution in [0.4, 0.5) is 5.69 Å². The Bertz CT molecular complexity index is 1210. The zero-order chi connectivity index (χ0) is 17.9. The number of hydrogen-bond donors (Lipinski definition) is 1. The number of carbonyl (C=O) groups is 1. The van der Waals surface area contributed by atoms with E-state index < -0.39 is 0 Å². The van der Waals surface area contributed by atoms with Crippen LogP contribution in [0.25, 0.3) is 15.9 Å². The number of para-hydroxylation sites is 1. The number of pyridine rings is 1. The number of rotatable bonds is 3. The molecule has 0 fully saturated rings. The first-order valence-electron chi connectivity index (χ1n) is 7.87. The number of aromatic amines is 1. The van der Waals surface area contributed by atoms with Gasteiger partial charge < -0.3 is 9.55 Å². The number of benzene rings is 1. The van der Waals surface area contributed by atoms with Gasteiger partial charge in [-0.15, -0.1) is 11.3 Å². The van der Waals surface area contributed by atoms with E-state index in [9.17, 15) is 4.79 Å². The molecule has 0 aliphatic rings. The smallest absolute Gasteiger partial charge is 0.281 e. The maximum absolute atomic E-state index is 12.6. The lowest BCUT2D eigenvalue weighted by molar-refractivity contribution is 0.0999. The van der Waals surface area contributed by atoms with E-state index in [1.54, 1.807) is 24.5 Å². The van der Waals surface area contributed by atoms with Gasteiger partial charge in [0.25, 0.3) is 5.91 Å². The number of fused-ring (bicyclic) bond motifs is 1. The van der Waals surface area contributed by atoms with Gasteiger partial charge in [-0.1, -0.05) is 24.3 Å². The molecule has 26 heavy (non-hydrogen) atoms. The molecule has 0 spiro atoms. The number of amides is 1. The van der Waals surface area contributed by atoms with E-state index in [0.29, 0.717) is 28.2 Å². The van der Waals surface area contributed by atoms with Crippen molar-refractivity contribution in [2.45, 2.75) is 6.54 Å². The number of nitrogens with zero attached hydrogens (tertiary/aromatic N) is 4. The lowest BCUT2D eigenvalue weighted by Crippen LogP contribution is -2.17. The van der Waals surface area contributed by atoms with E-state index in [2.05, 4.69) is 19.8 Å². The zero-order valence-corrected chi connectivity index (χ0v) is 14.4. The van der Waals surface area contributed by atoms with Crippen LogP contribution in [0.1, 0.15) is 15.9 Å². The fraction of sp³-hybridized carbons (Fsp3) is 0.0526. The molecule has 0 saturated heterocycles. The Morgan fingerprint density at radius 1 is 1.31 bits per heavy atom. The highest BCUT2D eigenvalue weighted by Crippen LogP contribution is 2.19. The number of carbonyl (C=O) groups excluding carboxylic acids is 1. The number of aromatic nitrogens is 3. The molecular formula is C19H13N5OS. The van der Waals surface area contributed by atoms with Crippen molar-refractivity contribution in [2.75, 3.05) is 0 Å². The molecule has 1 N–H and O–H groups in total. The Morgan fingerprint density at radius 2 is 2.19 bits per heavy atom. The molecule has 1 amide bonds. The van der Waals surface area contributed by atoms with Gasteiger partial charge in [-0.05, 0) is 17.7 Å². The van der Waals surface area contributed by atoms with Crippen molar-refractivity contribution in [1.82, 2.24) is 14.5 Å². The third kappa shape index (κ3) is 2.94. The molecule has 4 rings (SSSR count). The molecule has 0 unspecified atom stereocenters. The molecule has 0 radical (unpaired) electrons. The molecule has 6 nitrogen and oxygen atoms in total. The van der Waals surface area contributed by atoms with Crippen LogP contribution >= 0.6 is 11.3 Å². The van der Waals surface area contributed by atoms with Gasteiger partial charge in [-0.25, -0.2) is 9.83 Å². The summed E-state index contributed by atoms with van der Waals surface area (Å²) in [6.07, 6.45) is 5.18. The van der Waals surface area contributed by atoms with Gasteiger partial charge in [0.15, 0.2) is 10.5 Å². The predicted molar refractivity (Wildman–Crippen MR) is 100 cm³/mol. The second-order valence-electron chi connectivity index (χ2n) is 5.57. The van der Waals surface area contributed by atoms with Crippen molar-refractivity contribution in [3.63, 3.8) is 0 Å². The van der Waals surface area contributed by atoms with Crippen LogP contribution in [-0.2, 0) is 6.54 Å². The largest absolute Gasteiger partial charge is 0.345 e. The molecule has 3 aromatic heterocycles. The summed E-state index contributed by atoms with van der Waals surface area (Å²) in [6.45, 7) is 7.77. The Morgan fingerprint density at radius 3 is 3.08 bits per heavy atom. The second kappa shape index (κ2) is 6.78. The maximum Gasteiger partial charge on any atom is 0.281 e. The minimum absolute atomic E-state index is 0.320. The fourth-order valence-electron chi connectivity index (χ4n) is 2.72. The topological polar surface area (TPSA) is 67.4 Å². The van der Waals surface area contributed by atoms with Crippen molar-refractivity contribution in [1.29, 1.82) is 0 Å². The van der Waals surface area contributed by atoms with Gasteiger partial charge in [0.05, 0.1) is 12.1 Å².